The number of aryl methyl sites for hydroxylation is 1. The van der Waals surface area contributed by atoms with Gasteiger partial charge in [0.15, 0.2) is 0 Å². The molecule has 0 aliphatic carbocycles. The molecule has 0 aromatic heterocycles. The lowest BCUT2D eigenvalue weighted by Gasteiger charge is -2.17. The van der Waals surface area contributed by atoms with Crippen LogP contribution in [0.5, 0.6) is 0 Å². The number of benzene rings is 1. The van der Waals surface area contributed by atoms with Crippen LogP contribution in [0.1, 0.15) is 29.3 Å². The maximum Gasteiger partial charge on any atom is 0.325 e. The predicted octanol–water partition coefficient (Wildman–Crippen LogP) is 0.774. The Hall–Kier alpha value is -2.37. The van der Waals surface area contributed by atoms with Crippen molar-refractivity contribution in [2.45, 2.75) is 25.8 Å². The lowest BCUT2D eigenvalue weighted by atomic mass is 10.00. The fraction of sp³-hybridized carbons (Fsp3) is 0.308. The van der Waals surface area contributed by atoms with Gasteiger partial charge in [-0.1, -0.05) is 0 Å². The summed E-state index contributed by atoms with van der Waals surface area (Å²) in [5.41, 5.74) is 1.98. The van der Waals surface area contributed by atoms with Crippen LogP contribution in [0.3, 0.4) is 0 Å². The van der Waals surface area contributed by atoms with Crippen molar-refractivity contribution in [1.82, 2.24) is 5.32 Å². The lowest BCUT2D eigenvalue weighted by molar-refractivity contribution is -0.138. The molecule has 1 aromatic rings. The maximum atomic E-state index is 11.8. The number of rotatable bonds is 3. The molecule has 100 valence electrons. The van der Waals surface area contributed by atoms with Gasteiger partial charge in [-0.05, 0) is 37.1 Å². The predicted molar refractivity (Wildman–Crippen MR) is 68.0 cm³/mol. The van der Waals surface area contributed by atoms with Gasteiger partial charge in [-0.15, -0.1) is 0 Å². The van der Waals surface area contributed by atoms with E-state index in [-0.39, 0.29) is 5.91 Å². The van der Waals surface area contributed by atoms with Crippen LogP contribution in [0.4, 0.5) is 5.69 Å². The first-order valence-corrected chi connectivity index (χ1v) is 5.94. The molecule has 0 saturated carbocycles. The van der Waals surface area contributed by atoms with E-state index in [2.05, 4.69) is 10.6 Å². The maximum absolute atomic E-state index is 11.8. The minimum atomic E-state index is -1.08. The van der Waals surface area contributed by atoms with Crippen LogP contribution in [0.15, 0.2) is 18.2 Å². The highest BCUT2D eigenvalue weighted by atomic mass is 16.4. The molecule has 0 bridgehead atoms. The summed E-state index contributed by atoms with van der Waals surface area (Å²) in [5.74, 6) is -1.56. The Balaban J connectivity index is 2.16. The molecule has 3 N–H and O–H groups in total. The van der Waals surface area contributed by atoms with E-state index in [9.17, 15) is 14.4 Å². The minimum Gasteiger partial charge on any atom is -0.480 e. The molecule has 1 aliphatic heterocycles. The molecule has 0 fully saturated rings. The number of amides is 2. The normalized spacial score (nSPS) is 15.1. The second kappa shape index (κ2) is 5.09. The molecule has 2 rings (SSSR count). The van der Waals surface area contributed by atoms with Gasteiger partial charge >= 0.3 is 5.97 Å². The van der Waals surface area contributed by atoms with Gasteiger partial charge in [-0.2, -0.15) is 0 Å². The standard InChI is InChI=1S/C13H14N2O4/c1-7(13(18)19)14-12(17)9-2-4-10-8(6-9)3-5-11(16)15-10/h2,4,6-7H,3,5H2,1H3,(H,14,17)(H,15,16)(H,18,19)/t7-/m0/s1. The zero-order valence-corrected chi connectivity index (χ0v) is 10.4. The molecular weight excluding hydrogens is 248 g/mol. The lowest BCUT2D eigenvalue weighted by Crippen LogP contribution is -2.38. The smallest absolute Gasteiger partial charge is 0.325 e. The van der Waals surface area contributed by atoms with Gasteiger partial charge < -0.3 is 15.7 Å². The Bertz CT molecular complexity index is 554. The highest BCUT2D eigenvalue weighted by Gasteiger charge is 2.19. The number of carboxylic acid groups (broad SMARTS) is 1. The largest absolute Gasteiger partial charge is 0.480 e. The Labute approximate surface area is 109 Å². The molecule has 2 amide bonds. The van der Waals surface area contributed by atoms with Crippen molar-refractivity contribution in [2.75, 3.05) is 5.32 Å². The third-order valence-electron chi connectivity index (χ3n) is 2.98. The van der Waals surface area contributed by atoms with Gasteiger partial charge in [0.25, 0.3) is 5.91 Å². The van der Waals surface area contributed by atoms with Crippen LogP contribution >= 0.6 is 0 Å². The van der Waals surface area contributed by atoms with Crippen molar-refractivity contribution in [1.29, 1.82) is 0 Å². The summed E-state index contributed by atoms with van der Waals surface area (Å²) in [4.78, 5) is 33.7. The second-order valence-electron chi connectivity index (χ2n) is 4.45. The fourth-order valence-corrected chi connectivity index (χ4v) is 1.87. The van der Waals surface area contributed by atoms with Gasteiger partial charge in [0.2, 0.25) is 5.91 Å². The number of fused-ring (bicyclic) bond motifs is 1. The molecular formula is C13H14N2O4. The van der Waals surface area contributed by atoms with Crippen LogP contribution in [-0.2, 0) is 16.0 Å². The van der Waals surface area contributed by atoms with Crippen LogP contribution < -0.4 is 10.6 Å². The molecule has 0 spiro atoms. The van der Waals surface area contributed by atoms with Gasteiger partial charge in [0.05, 0.1) is 0 Å². The van der Waals surface area contributed by atoms with Gasteiger partial charge in [-0.3, -0.25) is 14.4 Å². The van der Waals surface area contributed by atoms with Crippen molar-refractivity contribution in [3.63, 3.8) is 0 Å². The second-order valence-corrected chi connectivity index (χ2v) is 4.45. The van der Waals surface area contributed by atoms with Gasteiger partial charge in [0, 0.05) is 17.7 Å². The van der Waals surface area contributed by atoms with E-state index in [1.165, 1.54) is 6.92 Å². The molecule has 1 atom stereocenters. The van der Waals surface area contributed by atoms with Crippen molar-refractivity contribution in [3.05, 3.63) is 29.3 Å². The molecule has 1 aliphatic rings. The van der Waals surface area contributed by atoms with Crippen molar-refractivity contribution in [2.24, 2.45) is 0 Å². The number of carbonyl (C=O) groups excluding carboxylic acids is 2. The molecule has 6 heteroatoms. The van der Waals surface area contributed by atoms with Crippen LogP contribution in [0.2, 0.25) is 0 Å². The fourth-order valence-electron chi connectivity index (χ4n) is 1.87. The summed E-state index contributed by atoms with van der Waals surface area (Å²) in [7, 11) is 0. The molecule has 0 unspecified atom stereocenters. The van der Waals surface area contributed by atoms with E-state index < -0.39 is 17.9 Å². The van der Waals surface area contributed by atoms with E-state index in [0.717, 1.165) is 5.56 Å². The number of hydrogen-bond donors (Lipinski definition) is 3. The van der Waals surface area contributed by atoms with Crippen molar-refractivity contribution >= 4 is 23.5 Å². The summed E-state index contributed by atoms with van der Waals surface area (Å²) in [6.07, 6.45) is 0.973. The highest BCUT2D eigenvalue weighted by molar-refractivity contribution is 5.99. The Kier molecular flexibility index (Phi) is 3.50. The SMILES string of the molecule is C[C@H](NC(=O)c1ccc2c(c1)CCC(=O)N2)C(=O)O. The number of nitrogens with one attached hydrogen (secondary N) is 2. The van der Waals surface area contributed by atoms with E-state index in [4.69, 9.17) is 5.11 Å². The Morgan fingerprint density at radius 2 is 2.11 bits per heavy atom. The summed E-state index contributed by atoms with van der Waals surface area (Å²) in [6.45, 7) is 1.40. The molecule has 0 radical (unpaired) electrons. The molecule has 0 saturated heterocycles. The molecule has 19 heavy (non-hydrogen) atoms. The van der Waals surface area contributed by atoms with E-state index in [0.29, 0.717) is 24.1 Å². The topological polar surface area (TPSA) is 95.5 Å². The first kappa shape index (κ1) is 13.1. The average molecular weight is 262 g/mol. The quantitative estimate of drug-likeness (QED) is 0.749. The molecule has 1 aromatic carbocycles. The zero-order chi connectivity index (χ0) is 14.0. The first-order chi connectivity index (χ1) is 8.97. The number of carbonyl (C=O) groups is 3. The first-order valence-electron chi connectivity index (χ1n) is 5.94. The average Bonchev–Trinajstić information content (AvgIpc) is 2.37. The zero-order valence-electron chi connectivity index (χ0n) is 10.4. The van der Waals surface area contributed by atoms with Crippen molar-refractivity contribution in [3.8, 4) is 0 Å². The number of hydrogen-bond acceptors (Lipinski definition) is 3. The van der Waals surface area contributed by atoms with Gasteiger partial charge in [-0.25, -0.2) is 0 Å². The van der Waals surface area contributed by atoms with Crippen LogP contribution in [0, 0.1) is 0 Å². The molecule has 6 nitrogen and oxygen atoms in total. The van der Waals surface area contributed by atoms with Gasteiger partial charge in [0.1, 0.15) is 6.04 Å². The summed E-state index contributed by atoms with van der Waals surface area (Å²) >= 11 is 0. The van der Waals surface area contributed by atoms with Crippen LogP contribution in [0.25, 0.3) is 0 Å². The number of anilines is 1. The molecule has 1 heterocycles. The minimum absolute atomic E-state index is 0.0378. The number of aliphatic carboxylic acids is 1. The monoisotopic (exact) mass is 262 g/mol. The summed E-state index contributed by atoms with van der Waals surface area (Å²) in [6, 6.07) is 3.96. The third-order valence-corrected chi connectivity index (χ3v) is 2.98. The third kappa shape index (κ3) is 2.90. The summed E-state index contributed by atoms with van der Waals surface area (Å²) < 4.78 is 0. The van der Waals surface area contributed by atoms with Crippen molar-refractivity contribution < 1.29 is 19.5 Å². The van der Waals surface area contributed by atoms with Crippen LogP contribution in [-0.4, -0.2) is 28.9 Å². The number of carboxylic acids is 1. The Morgan fingerprint density at radius 3 is 2.79 bits per heavy atom. The van der Waals surface area contributed by atoms with E-state index in [1.807, 2.05) is 0 Å². The van der Waals surface area contributed by atoms with E-state index >= 15 is 0 Å². The Morgan fingerprint density at radius 1 is 1.37 bits per heavy atom. The van der Waals surface area contributed by atoms with E-state index in [1.54, 1.807) is 18.2 Å². The highest BCUT2D eigenvalue weighted by Crippen LogP contribution is 2.23. The summed E-state index contributed by atoms with van der Waals surface area (Å²) in [5, 5.41) is 13.8.